The van der Waals surface area contributed by atoms with Crippen LogP contribution in [0.3, 0.4) is 0 Å². The Morgan fingerprint density at radius 1 is 1.26 bits per heavy atom. The molecule has 0 unspecified atom stereocenters. The average molecular weight is 477 g/mol. The summed E-state index contributed by atoms with van der Waals surface area (Å²) in [5, 5.41) is 14.5. The highest BCUT2D eigenvalue weighted by Gasteiger charge is 2.28. The maximum Gasteiger partial charge on any atom is 0.303 e. The summed E-state index contributed by atoms with van der Waals surface area (Å²) in [4.78, 5) is 18.1. The van der Waals surface area contributed by atoms with Gasteiger partial charge in [0.25, 0.3) is 0 Å². The number of piperidine rings is 1. The van der Waals surface area contributed by atoms with Crippen molar-refractivity contribution in [1.29, 1.82) is 0 Å². The summed E-state index contributed by atoms with van der Waals surface area (Å²) in [5.41, 5.74) is 3.37. The summed E-state index contributed by atoms with van der Waals surface area (Å²) in [6, 6.07) is 10.2. The van der Waals surface area contributed by atoms with Gasteiger partial charge < -0.3 is 9.84 Å². The number of hydrogen-bond donors (Lipinski definition) is 1. The van der Waals surface area contributed by atoms with Crippen molar-refractivity contribution in [2.45, 2.75) is 38.5 Å². The van der Waals surface area contributed by atoms with Crippen LogP contribution >= 0.6 is 11.3 Å². The molecule has 2 atom stereocenters. The van der Waals surface area contributed by atoms with Crippen molar-refractivity contribution in [3.63, 3.8) is 0 Å². The summed E-state index contributed by atoms with van der Waals surface area (Å²) in [7, 11) is 1.69. The van der Waals surface area contributed by atoms with E-state index in [9.17, 15) is 9.90 Å². The Hall–Kier alpha value is -2.88. The van der Waals surface area contributed by atoms with E-state index in [0.717, 1.165) is 74.0 Å². The highest BCUT2D eigenvalue weighted by atomic mass is 32.1. The van der Waals surface area contributed by atoms with E-state index in [1.165, 1.54) is 5.56 Å². The number of aryl methyl sites for hydroxylation is 1. The van der Waals surface area contributed by atoms with Gasteiger partial charge in [0, 0.05) is 35.5 Å². The molecule has 1 aliphatic heterocycles. The quantitative estimate of drug-likeness (QED) is 0.414. The summed E-state index contributed by atoms with van der Waals surface area (Å²) in [6.07, 6.45) is 7.16. The number of aromatic nitrogens is 1. The van der Waals surface area contributed by atoms with Crippen LogP contribution in [0.2, 0.25) is 0 Å². The van der Waals surface area contributed by atoms with Gasteiger partial charge in [-0.1, -0.05) is 11.8 Å². The Kier molecular flexibility index (Phi) is 8.56. The van der Waals surface area contributed by atoms with Crippen molar-refractivity contribution in [2.24, 2.45) is 11.8 Å². The van der Waals surface area contributed by atoms with Gasteiger partial charge in [0.05, 0.1) is 19.2 Å². The first-order chi connectivity index (χ1) is 16.6. The lowest BCUT2D eigenvalue weighted by Crippen LogP contribution is -2.41. The van der Waals surface area contributed by atoms with Gasteiger partial charge in [-0.25, -0.2) is 0 Å². The van der Waals surface area contributed by atoms with Gasteiger partial charge in [0.1, 0.15) is 5.75 Å². The predicted octanol–water partition coefficient (Wildman–Crippen LogP) is 5.48. The minimum atomic E-state index is -0.703. The Balaban J connectivity index is 1.35. The molecule has 4 rings (SSSR count). The number of ether oxygens (including phenoxy) is 1. The SMILES string of the molecule is COc1ccc2nccc(CCC[C@@H]3CCN(CC#Cc4ccsc4)C[C@@H]3CCC(=O)O)c2c1. The Bertz CT molecular complexity index is 1150. The number of pyridine rings is 1. The molecule has 1 aliphatic rings. The maximum atomic E-state index is 11.3. The van der Waals surface area contributed by atoms with E-state index >= 15 is 0 Å². The number of fused-ring (bicyclic) bond motifs is 1. The number of rotatable bonds is 9. The van der Waals surface area contributed by atoms with Crippen LogP contribution in [-0.4, -0.2) is 47.7 Å². The summed E-state index contributed by atoms with van der Waals surface area (Å²) >= 11 is 1.66. The first-order valence-electron chi connectivity index (χ1n) is 12.0. The lowest BCUT2D eigenvalue weighted by molar-refractivity contribution is -0.137. The summed E-state index contributed by atoms with van der Waals surface area (Å²) in [6.45, 7) is 2.71. The molecule has 2 aromatic heterocycles. The first-order valence-corrected chi connectivity index (χ1v) is 12.9. The van der Waals surface area contributed by atoms with Crippen molar-refractivity contribution < 1.29 is 14.6 Å². The third kappa shape index (κ3) is 6.59. The van der Waals surface area contributed by atoms with Crippen molar-refractivity contribution in [3.05, 3.63) is 58.4 Å². The molecule has 1 fully saturated rings. The predicted molar refractivity (Wildman–Crippen MR) is 137 cm³/mol. The molecule has 34 heavy (non-hydrogen) atoms. The molecule has 6 heteroatoms. The number of likely N-dealkylation sites (tertiary alicyclic amines) is 1. The molecule has 0 bridgehead atoms. The number of carbonyl (C=O) groups is 1. The second-order valence-corrected chi connectivity index (χ2v) is 9.82. The fourth-order valence-corrected chi connectivity index (χ4v) is 5.57. The molecule has 0 amide bonds. The van der Waals surface area contributed by atoms with E-state index in [0.29, 0.717) is 11.8 Å². The third-order valence-corrected chi connectivity index (χ3v) is 7.50. The molecule has 3 heterocycles. The van der Waals surface area contributed by atoms with Gasteiger partial charge in [-0.05, 0) is 91.8 Å². The summed E-state index contributed by atoms with van der Waals surface area (Å²) in [5.74, 6) is 7.64. The van der Waals surface area contributed by atoms with Crippen molar-refractivity contribution in [3.8, 4) is 17.6 Å². The van der Waals surface area contributed by atoms with Gasteiger partial charge in [-0.3, -0.25) is 14.7 Å². The monoisotopic (exact) mass is 476 g/mol. The van der Waals surface area contributed by atoms with Crippen LogP contribution in [0.25, 0.3) is 10.9 Å². The van der Waals surface area contributed by atoms with Crippen molar-refractivity contribution in [1.82, 2.24) is 9.88 Å². The fourth-order valence-electron chi connectivity index (χ4n) is 4.99. The zero-order chi connectivity index (χ0) is 23.8. The Labute approximate surface area is 205 Å². The molecule has 1 N–H and O–H groups in total. The molecule has 0 radical (unpaired) electrons. The van der Waals surface area contributed by atoms with Crippen LogP contribution in [0.5, 0.6) is 5.75 Å². The second-order valence-electron chi connectivity index (χ2n) is 9.04. The molecule has 1 saturated heterocycles. The number of benzene rings is 1. The number of methoxy groups -OCH3 is 1. The standard InChI is InChI=1S/C28H32N2O3S/c1-33-25-8-9-27-26(18-25)23(11-14-29-27)6-2-5-22-12-16-30(19-24(22)7-10-28(31)32)15-3-4-21-13-17-34-20-21/h8-9,11,13-14,17-18,20,22,24H,2,5-7,10,12,15-16,19H2,1H3,(H,31,32)/t22-,24+/m1/s1. The van der Waals surface area contributed by atoms with Crippen LogP contribution in [0.1, 0.15) is 43.2 Å². The van der Waals surface area contributed by atoms with Crippen LogP contribution < -0.4 is 4.74 Å². The van der Waals surface area contributed by atoms with Gasteiger partial charge in [-0.15, -0.1) is 0 Å². The fraction of sp³-hybridized carbons (Fsp3) is 0.429. The average Bonchev–Trinajstić information content (AvgIpc) is 3.37. The minimum absolute atomic E-state index is 0.240. The van der Waals surface area contributed by atoms with Gasteiger partial charge in [-0.2, -0.15) is 11.3 Å². The molecular formula is C28H32N2O3S. The number of nitrogens with zero attached hydrogens (tertiary/aromatic N) is 2. The van der Waals surface area contributed by atoms with E-state index in [1.54, 1.807) is 18.4 Å². The molecule has 0 aliphatic carbocycles. The van der Waals surface area contributed by atoms with Gasteiger partial charge in [0.15, 0.2) is 0 Å². The number of thiophene rings is 1. The zero-order valence-corrected chi connectivity index (χ0v) is 20.5. The van der Waals surface area contributed by atoms with E-state index < -0.39 is 5.97 Å². The third-order valence-electron chi connectivity index (χ3n) is 6.82. The molecular weight excluding hydrogens is 444 g/mol. The maximum absolute atomic E-state index is 11.3. The highest BCUT2D eigenvalue weighted by molar-refractivity contribution is 7.08. The largest absolute Gasteiger partial charge is 0.497 e. The molecule has 0 saturated carbocycles. The minimum Gasteiger partial charge on any atom is -0.497 e. The van der Waals surface area contributed by atoms with Crippen molar-refractivity contribution >= 4 is 28.2 Å². The lowest BCUT2D eigenvalue weighted by Gasteiger charge is -2.38. The van der Waals surface area contributed by atoms with E-state index in [2.05, 4.69) is 39.2 Å². The number of carboxylic acid groups (broad SMARTS) is 1. The summed E-state index contributed by atoms with van der Waals surface area (Å²) < 4.78 is 5.41. The first kappa shape index (κ1) is 24.3. The molecule has 1 aromatic carbocycles. The van der Waals surface area contributed by atoms with Gasteiger partial charge in [0.2, 0.25) is 0 Å². The van der Waals surface area contributed by atoms with Gasteiger partial charge >= 0.3 is 5.97 Å². The second kappa shape index (κ2) is 12.0. The Morgan fingerprint density at radius 2 is 2.18 bits per heavy atom. The van der Waals surface area contributed by atoms with Crippen molar-refractivity contribution in [2.75, 3.05) is 26.7 Å². The number of carboxylic acids is 1. The van der Waals surface area contributed by atoms with Crippen LogP contribution in [0.4, 0.5) is 0 Å². The van der Waals surface area contributed by atoms with Crippen LogP contribution in [0.15, 0.2) is 47.3 Å². The van der Waals surface area contributed by atoms with E-state index in [-0.39, 0.29) is 6.42 Å². The van der Waals surface area contributed by atoms with E-state index in [4.69, 9.17) is 4.74 Å². The highest BCUT2D eigenvalue weighted by Crippen LogP contribution is 2.32. The Morgan fingerprint density at radius 3 is 2.97 bits per heavy atom. The molecule has 178 valence electrons. The topological polar surface area (TPSA) is 62.7 Å². The number of aliphatic carboxylic acids is 1. The lowest BCUT2D eigenvalue weighted by atomic mass is 9.79. The zero-order valence-electron chi connectivity index (χ0n) is 19.7. The molecule has 3 aromatic rings. The smallest absolute Gasteiger partial charge is 0.303 e. The molecule has 5 nitrogen and oxygen atoms in total. The molecule has 0 spiro atoms. The van der Waals surface area contributed by atoms with Crippen LogP contribution in [0, 0.1) is 23.7 Å². The number of hydrogen-bond acceptors (Lipinski definition) is 5. The van der Waals surface area contributed by atoms with Crippen LogP contribution in [-0.2, 0) is 11.2 Å². The normalized spacial score (nSPS) is 18.4. The van der Waals surface area contributed by atoms with E-state index in [1.807, 2.05) is 29.8 Å².